The van der Waals surface area contributed by atoms with Crippen LogP contribution in [0.25, 0.3) is 0 Å². The van der Waals surface area contributed by atoms with Gasteiger partial charge in [-0.05, 0) is 62.6 Å². The van der Waals surface area contributed by atoms with Crippen molar-refractivity contribution >= 4 is 33.3 Å². The van der Waals surface area contributed by atoms with Crippen LogP contribution >= 0.6 is 11.6 Å². The van der Waals surface area contributed by atoms with Gasteiger partial charge in [-0.25, -0.2) is 13.2 Å². The lowest BCUT2D eigenvalue weighted by atomic mass is 10.0. The number of carbonyl (C=O) groups is 1. The Bertz CT molecular complexity index is 931. The number of nitrogens with one attached hydrogen (secondary N) is 2. The topological polar surface area (TPSA) is 78.5 Å². The number of rotatable bonds is 6. The summed E-state index contributed by atoms with van der Waals surface area (Å²) >= 11 is 5.84. The van der Waals surface area contributed by atoms with Crippen LogP contribution in [0, 0.1) is 6.92 Å². The lowest BCUT2D eigenvalue weighted by Crippen LogP contribution is -2.45. The Labute approximate surface area is 177 Å². The molecule has 1 atom stereocenters. The van der Waals surface area contributed by atoms with Crippen molar-refractivity contribution in [1.29, 1.82) is 0 Å². The van der Waals surface area contributed by atoms with Crippen LogP contribution in [0.3, 0.4) is 0 Å². The molecule has 6 nitrogen and oxygen atoms in total. The summed E-state index contributed by atoms with van der Waals surface area (Å²) in [7, 11) is -3.54. The highest BCUT2D eigenvalue weighted by Crippen LogP contribution is 2.27. The molecular formula is C21H26ClN3O3S. The predicted octanol–water partition coefficient (Wildman–Crippen LogP) is 4.40. The zero-order chi connectivity index (χ0) is 20.9. The second-order valence-electron chi connectivity index (χ2n) is 7.25. The smallest absolute Gasteiger partial charge is 0.319 e. The van der Waals surface area contributed by atoms with Crippen molar-refractivity contribution in [3.63, 3.8) is 0 Å². The largest absolute Gasteiger partial charge is 0.338 e. The first-order chi connectivity index (χ1) is 13.9. The fraction of sp³-hybridized carbons (Fsp3) is 0.381. The molecule has 0 unspecified atom stereocenters. The number of benzene rings is 2. The van der Waals surface area contributed by atoms with E-state index in [2.05, 4.69) is 10.6 Å². The zero-order valence-corrected chi connectivity index (χ0v) is 18.0. The van der Waals surface area contributed by atoms with E-state index in [4.69, 9.17) is 11.6 Å². The van der Waals surface area contributed by atoms with E-state index in [-0.39, 0.29) is 12.1 Å². The van der Waals surface area contributed by atoms with Gasteiger partial charge in [0.2, 0.25) is 10.0 Å². The molecule has 1 aliphatic heterocycles. The summed E-state index contributed by atoms with van der Waals surface area (Å²) in [6, 6.07) is 13.4. The predicted molar refractivity (Wildman–Crippen MR) is 116 cm³/mol. The van der Waals surface area contributed by atoms with Gasteiger partial charge in [-0.1, -0.05) is 35.7 Å². The molecule has 156 valence electrons. The van der Waals surface area contributed by atoms with Gasteiger partial charge in [0, 0.05) is 29.8 Å². The SMILES string of the molecule is Cc1ccc(S(=O)(=O)N2CCCC[C@H]2CCNC(=O)Nc2ccc(Cl)cc2)cc1. The molecule has 1 saturated heterocycles. The molecule has 0 aliphatic carbocycles. The zero-order valence-electron chi connectivity index (χ0n) is 16.4. The van der Waals surface area contributed by atoms with E-state index in [0.29, 0.717) is 35.1 Å². The van der Waals surface area contributed by atoms with E-state index in [1.54, 1.807) is 40.7 Å². The molecule has 0 radical (unpaired) electrons. The van der Waals surface area contributed by atoms with Crippen LogP contribution in [0.4, 0.5) is 10.5 Å². The van der Waals surface area contributed by atoms with Crippen molar-refractivity contribution in [1.82, 2.24) is 9.62 Å². The third-order valence-corrected chi connectivity index (χ3v) is 7.28. The molecule has 1 fully saturated rings. The molecule has 29 heavy (non-hydrogen) atoms. The average Bonchev–Trinajstić information content (AvgIpc) is 2.70. The molecule has 0 aromatic heterocycles. The molecule has 2 N–H and O–H groups in total. The van der Waals surface area contributed by atoms with Crippen molar-refractivity contribution < 1.29 is 13.2 Å². The van der Waals surface area contributed by atoms with Gasteiger partial charge < -0.3 is 10.6 Å². The van der Waals surface area contributed by atoms with Gasteiger partial charge in [-0.2, -0.15) is 4.31 Å². The molecule has 1 heterocycles. The lowest BCUT2D eigenvalue weighted by molar-refractivity contribution is 0.234. The van der Waals surface area contributed by atoms with Crippen LogP contribution < -0.4 is 10.6 Å². The Hall–Kier alpha value is -2.09. The maximum atomic E-state index is 13.1. The molecule has 0 bridgehead atoms. The number of hydrogen-bond acceptors (Lipinski definition) is 3. The Morgan fingerprint density at radius 3 is 2.48 bits per heavy atom. The van der Waals surface area contributed by atoms with Crippen molar-refractivity contribution in [2.45, 2.75) is 43.5 Å². The highest BCUT2D eigenvalue weighted by atomic mass is 35.5. The summed E-state index contributed by atoms with van der Waals surface area (Å²) in [6.45, 7) is 2.84. The van der Waals surface area contributed by atoms with Crippen LogP contribution in [0.15, 0.2) is 53.4 Å². The fourth-order valence-electron chi connectivity index (χ4n) is 3.49. The molecule has 3 rings (SSSR count). The van der Waals surface area contributed by atoms with Gasteiger partial charge >= 0.3 is 6.03 Å². The van der Waals surface area contributed by atoms with Gasteiger partial charge in [0.15, 0.2) is 0 Å². The summed E-state index contributed by atoms with van der Waals surface area (Å²) in [6.07, 6.45) is 3.21. The third-order valence-electron chi connectivity index (χ3n) is 5.07. The Morgan fingerprint density at radius 2 is 1.79 bits per heavy atom. The van der Waals surface area contributed by atoms with Gasteiger partial charge in [0.25, 0.3) is 0 Å². The molecular weight excluding hydrogens is 410 g/mol. The number of carbonyl (C=O) groups excluding carboxylic acids is 1. The van der Waals surface area contributed by atoms with Crippen LogP contribution in [0.5, 0.6) is 0 Å². The van der Waals surface area contributed by atoms with E-state index in [0.717, 1.165) is 24.8 Å². The second kappa shape index (κ2) is 9.61. The standard InChI is InChI=1S/C21H26ClN3O3S/c1-16-5-11-20(12-6-16)29(27,28)25-15-3-2-4-19(25)13-14-23-21(26)24-18-9-7-17(22)8-10-18/h5-12,19H,2-4,13-15H2,1H3,(H2,23,24,26)/t19-/m0/s1. The molecule has 1 aliphatic rings. The maximum Gasteiger partial charge on any atom is 0.319 e. The molecule has 2 amide bonds. The average molecular weight is 436 g/mol. The number of sulfonamides is 1. The minimum atomic E-state index is -3.54. The third kappa shape index (κ3) is 5.72. The van der Waals surface area contributed by atoms with Crippen LogP contribution in [0.1, 0.15) is 31.2 Å². The molecule has 0 saturated carbocycles. The summed E-state index contributed by atoms with van der Waals surface area (Å²) in [5.74, 6) is 0. The second-order valence-corrected chi connectivity index (χ2v) is 9.58. The number of urea groups is 1. The first kappa shape index (κ1) is 21.6. The quantitative estimate of drug-likeness (QED) is 0.705. The number of anilines is 1. The number of piperidine rings is 1. The molecule has 2 aromatic carbocycles. The fourth-order valence-corrected chi connectivity index (χ4v) is 5.33. The van der Waals surface area contributed by atoms with Gasteiger partial charge in [0.05, 0.1) is 4.90 Å². The van der Waals surface area contributed by atoms with Crippen LogP contribution in [-0.2, 0) is 10.0 Å². The maximum absolute atomic E-state index is 13.1. The Balaban J connectivity index is 1.57. The number of amides is 2. The van der Waals surface area contributed by atoms with E-state index < -0.39 is 10.0 Å². The summed E-state index contributed by atoms with van der Waals surface area (Å²) in [5, 5.41) is 6.15. The van der Waals surface area contributed by atoms with E-state index in [1.807, 2.05) is 19.1 Å². The van der Waals surface area contributed by atoms with Crippen molar-refractivity contribution in [2.75, 3.05) is 18.4 Å². The minimum Gasteiger partial charge on any atom is -0.338 e. The first-order valence-electron chi connectivity index (χ1n) is 9.75. The van der Waals surface area contributed by atoms with Gasteiger partial charge in [-0.3, -0.25) is 0 Å². The summed E-state index contributed by atoms with van der Waals surface area (Å²) in [4.78, 5) is 12.4. The molecule has 8 heteroatoms. The number of nitrogens with zero attached hydrogens (tertiary/aromatic N) is 1. The Morgan fingerprint density at radius 1 is 1.10 bits per heavy atom. The van der Waals surface area contributed by atoms with E-state index in [9.17, 15) is 13.2 Å². The highest BCUT2D eigenvalue weighted by molar-refractivity contribution is 7.89. The first-order valence-corrected chi connectivity index (χ1v) is 11.6. The summed E-state index contributed by atoms with van der Waals surface area (Å²) < 4.78 is 27.8. The Kier molecular flexibility index (Phi) is 7.16. The van der Waals surface area contributed by atoms with E-state index in [1.165, 1.54) is 0 Å². The summed E-state index contributed by atoms with van der Waals surface area (Å²) in [5.41, 5.74) is 1.67. The number of aryl methyl sites for hydroxylation is 1. The monoisotopic (exact) mass is 435 g/mol. The van der Waals surface area contributed by atoms with E-state index >= 15 is 0 Å². The minimum absolute atomic E-state index is 0.120. The molecule has 2 aromatic rings. The number of halogens is 1. The highest BCUT2D eigenvalue weighted by Gasteiger charge is 2.33. The lowest BCUT2D eigenvalue weighted by Gasteiger charge is -2.34. The van der Waals surface area contributed by atoms with Crippen molar-refractivity contribution in [3.05, 3.63) is 59.1 Å². The van der Waals surface area contributed by atoms with Gasteiger partial charge in [0.1, 0.15) is 0 Å². The van der Waals surface area contributed by atoms with Crippen molar-refractivity contribution in [2.24, 2.45) is 0 Å². The number of hydrogen-bond donors (Lipinski definition) is 2. The van der Waals surface area contributed by atoms with Crippen LogP contribution in [0.2, 0.25) is 5.02 Å². The molecule has 0 spiro atoms. The van der Waals surface area contributed by atoms with Gasteiger partial charge in [-0.15, -0.1) is 0 Å². The van der Waals surface area contributed by atoms with Crippen LogP contribution in [-0.4, -0.2) is 37.9 Å². The van der Waals surface area contributed by atoms with Crippen molar-refractivity contribution in [3.8, 4) is 0 Å². The normalized spacial score (nSPS) is 17.7.